The van der Waals surface area contributed by atoms with E-state index in [0.717, 1.165) is 65.1 Å². The second-order valence-electron chi connectivity index (χ2n) is 10.4. The maximum absolute atomic E-state index is 13.3. The molecule has 1 aliphatic heterocycles. The fourth-order valence-corrected chi connectivity index (χ4v) is 5.46. The molecule has 2 aromatic heterocycles. The van der Waals surface area contributed by atoms with Crippen LogP contribution in [0.15, 0.2) is 59.2 Å². The van der Waals surface area contributed by atoms with Gasteiger partial charge in [0.25, 0.3) is 5.91 Å². The zero-order valence-corrected chi connectivity index (χ0v) is 24.8. The molecule has 0 bridgehead atoms. The van der Waals surface area contributed by atoms with Gasteiger partial charge in [0.2, 0.25) is 0 Å². The molecule has 2 N–H and O–H groups in total. The predicted octanol–water partition coefficient (Wildman–Crippen LogP) is 6.36. The van der Waals surface area contributed by atoms with Crippen molar-refractivity contribution in [3.63, 3.8) is 0 Å². The third-order valence-corrected chi connectivity index (χ3v) is 7.86. The number of fused-ring (bicyclic) bond motifs is 1. The molecule has 0 radical (unpaired) electrons. The second kappa shape index (κ2) is 12.1. The first-order valence-electron chi connectivity index (χ1n) is 13.5. The molecule has 0 spiro atoms. The molecule has 0 atom stereocenters. The van der Waals surface area contributed by atoms with Gasteiger partial charge >= 0.3 is 0 Å². The van der Waals surface area contributed by atoms with Crippen molar-refractivity contribution in [3.8, 4) is 11.1 Å². The van der Waals surface area contributed by atoms with E-state index < -0.39 is 0 Å². The van der Waals surface area contributed by atoms with Crippen LogP contribution in [-0.4, -0.2) is 51.9 Å². The Morgan fingerprint density at radius 2 is 1.86 bits per heavy atom. The Kier molecular flexibility index (Phi) is 8.33. The molecule has 0 aliphatic carbocycles. The number of carbonyl (C=O) groups is 2. The summed E-state index contributed by atoms with van der Waals surface area (Å²) in [7, 11) is 3.93. The van der Waals surface area contributed by atoms with Crippen LogP contribution >= 0.6 is 11.6 Å². The fraction of sp³-hybridized carbons (Fsp3) is 0.219. The van der Waals surface area contributed by atoms with Crippen molar-refractivity contribution in [3.05, 3.63) is 87.6 Å². The summed E-state index contributed by atoms with van der Waals surface area (Å²) in [6.07, 6.45) is 5.03. The quantitative estimate of drug-likeness (QED) is 0.142. The van der Waals surface area contributed by atoms with Gasteiger partial charge in [-0.05, 0) is 68.6 Å². The molecule has 1 amide bonds. The number of hydrogen-bond acceptors (Lipinski definition) is 7. The molecule has 9 nitrogen and oxygen atoms in total. The summed E-state index contributed by atoms with van der Waals surface area (Å²) in [6, 6.07) is 13.2. The smallest absolute Gasteiger partial charge is 0.291 e. The lowest BCUT2D eigenvalue weighted by atomic mass is 9.98. The lowest BCUT2D eigenvalue weighted by Crippen LogP contribution is -2.27. The Morgan fingerprint density at radius 1 is 1.12 bits per heavy atom. The van der Waals surface area contributed by atoms with Crippen LogP contribution in [0.5, 0.6) is 0 Å². The lowest BCUT2D eigenvalue weighted by Gasteiger charge is -2.21. The molecule has 0 fully saturated rings. The van der Waals surface area contributed by atoms with Crippen LogP contribution in [-0.2, 0) is 24.8 Å². The Morgan fingerprint density at radius 3 is 2.60 bits per heavy atom. The first kappa shape index (κ1) is 28.9. The summed E-state index contributed by atoms with van der Waals surface area (Å²) in [6.45, 7) is 9.06. The molecule has 42 heavy (non-hydrogen) atoms. The molecule has 0 saturated heterocycles. The summed E-state index contributed by atoms with van der Waals surface area (Å²) in [5, 5.41) is 6.76. The molecule has 3 heterocycles. The van der Waals surface area contributed by atoms with E-state index in [2.05, 4.69) is 37.2 Å². The van der Waals surface area contributed by atoms with Crippen molar-refractivity contribution in [1.82, 2.24) is 19.4 Å². The van der Waals surface area contributed by atoms with Crippen molar-refractivity contribution in [2.24, 2.45) is 12.0 Å². The predicted molar refractivity (Wildman–Crippen MR) is 169 cm³/mol. The maximum Gasteiger partial charge on any atom is 0.291 e. The van der Waals surface area contributed by atoms with E-state index in [1.165, 1.54) is 0 Å². The minimum atomic E-state index is -0.310. The van der Waals surface area contributed by atoms with E-state index in [-0.39, 0.29) is 5.91 Å². The van der Waals surface area contributed by atoms with Gasteiger partial charge in [0.05, 0.1) is 16.4 Å². The number of imidazole rings is 1. The number of anilines is 3. The Bertz CT molecular complexity index is 1740. The summed E-state index contributed by atoms with van der Waals surface area (Å²) >= 11 is 6.91. The first-order chi connectivity index (χ1) is 20.2. The SMILES string of the molecule is C=Nc1c(/C=C(\C)C=O)ccnc1Nc1cccc(-c2cccc(NC(=O)c3nc4c(n3C)CCN(C)C4)c2Cl)c1C. The summed E-state index contributed by atoms with van der Waals surface area (Å²) < 4.78 is 1.88. The van der Waals surface area contributed by atoms with Gasteiger partial charge in [-0.25, -0.2) is 9.97 Å². The van der Waals surface area contributed by atoms with Crippen LogP contribution < -0.4 is 10.6 Å². The van der Waals surface area contributed by atoms with Crippen molar-refractivity contribution in [2.45, 2.75) is 26.8 Å². The minimum absolute atomic E-state index is 0.310. The fourth-order valence-electron chi connectivity index (χ4n) is 5.19. The van der Waals surface area contributed by atoms with Gasteiger partial charge in [0.15, 0.2) is 11.6 Å². The molecule has 1 aliphatic rings. The number of benzene rings is 2. The topological polar surface area (TPSA) is 105 Å². The Balaban J connectivity index is 1.44. The first-order valence-corrected chi connectivity index (χ1v) is 13.9. The molecule has 5 rings (SSSR count). The van der Waals surface area contributed by atoms with Gasteiger partial charge in [-0.3, -0.25) is 14.6 Å². The van der Waals surface area contributed by atoms with Crippen LogP contribution in [0.4, 0.5) is 22.9 Å². The Labute approximate surface area is 250 Å². The number of aldehydes is 1. The van der Waals surface area contributed by atoms with E-state index in [4.69, 9.17) is 11.6 Å². The van der Waals surface area contributed by atoms with Crippen LogP contribution in [0.25, 0.3) is 17.2 Å². The number of amides is 1. The lowest BCUT2D eigenvalue weighted by molar-refractivity contribution is -0.104. The number of halogens is 1. The number of aliphatic imine (C=N–C) groups is 1. The van der Waals surface area contributed by atoms with E-state index in [9.17, 15) is 9.59 Å². The van der Waals surface area contributed by atoms with Crippen molar-refractivity contribution >= 4 is 59.5 Å². The number of hydrogen-bond donors (Lipinski definition) is 2. The molecule has 0 unspecified atom stereocenters. The highest BCUT2D eigenvalue weighted by Gasteiger charge is 2.24. The number of nitrogens with zero attached hydrogens (tertiary/aromatic N) is 5. The van der Waals surface area contributed by atoms with Crippen molar-refractivity contribution in [2.75, 3.05) is 24.2 Å². The van der Waals surface area contributed by atoms with Crippen LogP contribution in [0, 0.1) is 6.92 Å². The number of carbonyl (C=O) groups excluding carboxylic acids is 2. The highest BCUT2D eigenvalue weighted by Crippen LogP contribution is 2.39. The third-order valence-electron chi connectivity index (χ3n) is 7.46. The van der Waals surface area contributed by atoms with Gasteiger partial charge in [0, 0.05) is 55.3 Å². The van der Waals surface area contributed by atoms with Gasteiger partial charge in [-0.15, -0.1) is 0 Å². The molecule has 4 aromatic rings. The monoisotopic (exact) mass is 581 g/mol. The number of allylic oxidation sites excluding steroid dienone is 1. The van der Waals surface area contributed by atoms with Crippen LogP contribution in [0.3, 0.4) is 0 Å². The Hall–Kier alpha value is -4.60. The van der Waals surface area contributed by atoms with Gasteiger partial charge in [0.1, 0.15) is 12.0 Å². The summed E-state index contributed by atoms with van der Waals surface area (Å²) in [5.74, 6) is 0.558. The largest absolute Gasteiger partial charge is 0.338 e. The van der Waals surface area contributed by atoms with E-state index in [1.807, 2.05) is 55.9 Å². The average molecular weight is 582 g/mol. The molecule has 214 valence electrons. The zero-order chi connectivity index (χ0) is 30.0. The molecular formula is C32H32ClN7O2. The molecular weight excluding hydrogens is 550 g/mol. The second-order valence-corrected chi connectivity index (χ2v) is 10.7. The number of nitrogens with one attached hydrogen (secondary N) is 2. The van der Waals surface area contributed by atoms with E-state index >= 15 is 0 Å². The van der Waals surface area contributed by atoms with E-state index in [1.54, 1.807) is 31.3 Å². The third kappa shape index (κ3) is 5.61. The highest BCUT2D eigenvalue weighted by molar-refractivity contribution is 6.36. The number of rotatable bonds is 8. The number of pyridine rings is 1. The summed E-state index contributed by atoms with van der Waals surface area (Å²) in [5.41, 5.74) is 7.72. The van der Waals surface area contributed by atoms with Crippen LogP contribution in [0.1, 0.15) is 40.1 Å². The highest BCUT2D eigenvalue weighted by atomic mass is 35.5. The molecule has 0 saturated carbocycles. The summed E-state index contributed by atoms with van der Waals surface area (Å²) in [4.78, 5) is 39.9. The van der Waals surface area contributed by atoms with Gasteiger partial charge in [-0.2, -0.15) is 0 Å². The van der Waals surface area contributed by atoms with Crippen molar-refractivity contribution < 1.29 is 9.59 Å². The number of likely N-dealkylation sites (N-methyl/N-ethyl adjacent to an activating group) is 1. The van der Waals surface area contributed by atoms with Gasteiger partial charge in [-0.1, -0.05) is 35.9 Å². The minimum Gasteiger partial charge on any atom is -0.338 e. The molecule has 10 heteroatoms. The molecule has 2 aromatic carbocycles. The maximum atomic E-state index is 13.3. The van der Waals surface area contributed by atoms with Gasteiger partial charge < -0.3 is 20.1 Å². The average Bonchev–Trinajstić information content (AvgIpc) is 3.30. The normalized spacial score (nSPS) is 13.4. The zero-order valence-electron chi connectivity index (χ0n) is 24.0. The van der Waals surface area contributed by atoms with Crippen molar-refractivity contribution in [1.29, 1.82) is 0 Å². The van der Waals surface area contributed by atoms with E-state index in [0.29, 0.717) is 33.6 Å². The van der Waals surface area contributed by atoms with Crippen LogP contribution in [0.2, 0.25) is 5.02 Å². The number of aromatic nitrogens is 3. The standard InChI is InChI=1S/C32H32ClN7O2/c1-19(18-41)16-21-12-14-35-30(29(21)34-3)36-24-10-6-8-22(20(24)2)23-9-7-11-25(28(23)33)38-32(42)31-37-26-17-39(4)15-13-27(26)40(31)5/h6-12,14,16,18H,3,13,15,17H2,1-2,4-5H3,(H,35,36)(H,38,42)/b19-16+.